The lowest BCUT2D eigenvalue weighted by molar-refractivity contribution is -0.137. The summed E-state index contributed by atoms with van der Waals surface area (Å²) in [6.07, 6.45) is 3.65. The van der Waals surface area contributed by atoms with Crippen LogP contribution in [0.4, 0.5) is 0 Å². The zero-order valence-corrected chi connectivity index (χ0v) is 11.6. The molecule has 1 unspecified atom stereocenters. The van der Waals surface area contributed by atoms with Crippen LogP contribution in [0.2, 0.25) is 0 Å². The van der Waals surface area contributed by atoms with E-state index in [4.69, 9.17) is 4.74 Å². The topological polar surface area (TPSA) is 45.7 Å². The second-order valence-electron chi connectivity index (χ2n) is 4.81. The Morgan fingerprint density at radius 1 is 1.32 bits per heavy atom. The first-order valence-corrected chi connectivity index (χ1v) is 6.63. The number of hydrogen-bond acceptors (Lipinski definition) is 4. The van der Waals surface area contributed by atoms with Gasteiger partial charge in [-0.2, -0.15) is 0 Å². The number of piperazine rings is 1. The molecule has 0 N–H and O–H groups in total. The summed E-state index contributed by atoms with van der Waals surface area (Å²) >= 11 is 0. The molecule has 1 aromatic rings. The first-order chi connectivity index (χ1) is 9.22. The molecule has 19 heavy (non-hydrogen) atoms. The van der Waals surface area contributed by atoms with E-state index >= 15 is 0 Å². The minimum atomic E-state index is 0.0821. The summed E-state index contributed by atoms with van der Waals surface area (Å²) in [4.78, 5) is 20.0. The van der Waals surface area contributed by atoms with E-state index in [1.807, 2.05) is 29.4 Å². The van der Waals surface area contributed by atoms with Crippen LogP contribution in [0.15, 0.2) is 24.5 Å². The smallest absolute Gasteiger partial charge is 0.248 e. The third kappa shape index (κ3) is 3.52. The molecule has 5 nitrogen and oxygen atoms in total. The maximum atomic E-state index is 11.7. The van der Waals surface area contributed by atoms with Crippen LogP contribution in [0.1, 0.15) is 18.5 Å². The fraction of sp³-hybridized carbons (Fsp3) is 0.571. The van der Waals surface area contributed by atoms with Gasteiger partial charge in [0.15, 0.2) is 0 Å². The summed E-state index contributed by atoms with van der Waals surface area (Å²) in [5, 5.41) is 0. The van der Waals surface area contributed by atoms with E-state index in [2.05, 4.69) is 16.8 Å². The molecule has 1 saturated heterocycles. The number of aromatic nitrogens is 1. The van der Waals surface area contributed by atoms with E-state index < -0.39 is 0 Å². The Morgan fingerprint density at radius 2 is 1.95 bits per heavy atom. The van der Waals surface area contributed by atoms with Crippen LogP contribution in [-0.2, 0) is 9.53 Å². The number of pyridine rings is 1. The molecule has 1 fully saturated rings. The lowest BCUT2D eigenvalue weighted by Gasteiger charge is -2.38. The second kappa shape index (κ2) is 6.63. The molecule has 1 atom stereocenters. The van der Waals surface area contributed by atoms with E-state index in [9.17, 15) is 4.79 Å². The van der Waals surface area contributed by atoms with Crippen LogP contribution in [0, 0.1) is 0 Å². The van der Waals surface area contributed by atoms with Gasteiger partial charge in [-0.25, -0.2) is 0 Å². The maximum absolute atomic E-state index is 11.7. The highest BCUT2D eigenvalue weighted by Crippen LogP contribution is 2.20. The lowest BCUT2D eigenvalue weighted by atomic mass is 10.1. The van der Waals surface area contributed by atoms with Crippen LogP contribution >= 0.6 is 0 Å². The number of carbonyl (C=O) groups is 1. The van der Waals surface area contributed by atoms with Crippen molar-refractivity contribution >= 4 is 5.91 Å². The minimum Gasteiger partial charge on any atom is -0.375 e. The average Bonchev–Trinajstić information content (AvgIpc) is 2.48. The van der Waals surface area contributed by atoms with Gasteiger partial charge >= 0.3 is 0 Å². The largest absolute Gasteiger partial charge is 0.375 e. The number of amides is 1. The molecular weight excluding hydrogens is 242 g/mol. The van der Waals surface area contributed by atoms with Gasteiger partial charge in [-0.15, -0.1) is 0 Å². The van der Waals surface area contributed by atoms with Crippen LogP contribution in [0.25, 0.3) is 0 Å². The number of hydrogen-bond donors (Lipinski definition) is 0. The zero-order chi connectivity index (χ0) is 13.7. The molecule has 0 spiro atoms. The fourth-order valence-corrected chi connectivity index (χ4v) is 2.43. The molecule has 0 bridgehead atoms. The molecule has 0 saturated carbocycles. The van der Waals surface area contributed by atoms with Gasteiger partial charge in [-0.1, -0.05) is 0 Å². The highest BCUT2D eigenvalue weighted by Gasteiger charge is 2.24. The number of rotatable bonds is 4. The Morgan fingerprint density at radius 3 is 2.53 bits per heavy atom. The van der Waals surface area contributed by atoms with Crippen molar-refractivity contribution in [3.05, 3.63) is 30.1 Å². The van der Waals surface area contributed by atoms with Crippen LogP contribution in [-0.4, -0.2) is 60.6 Å². The third-order valence-corrected chi connectivity index (χ3v) is 3.67. The van der Waals surface area contributed by atoms with Gasteiger partial charge in [0.2, 0.25) is 5.91 Å². The van der Waals surface area contributed by atoms with Gasteiger partial charge in [0, 0.05) is 51.7 Å². The maximum Gasteiger partial charge on any atom is 0.248 e. The molecule has 0 radical (unpaired) electrons. The Bertz CT molecular complexity index is 402. The standard InChI is InChI=1S/C14H21N3O2/c1-12(13-3-5-15-6-4-13)16-7-9-17(10-8-16)14(18)11-19-2/h3-6,12H,7-11H2,1-2H3. The number of methoxy groups -OCH3 is 1. The monoisotopic (exact) mass is 263 g/mol. The van der Waals surface area contributed by atoms with Crippen molar-refractivity contribution in [1.82, 2.24) is 14.8 Å². The fourth-order valence-electron chi connectivity index (χ4n) is 2.43. The van der Waals surface area contributed by atoms with Gasteiger partial charge in [-0.3, -0.25) is 14.7 Å². The molecule has 2 heterocycles. The number of nitrogens with zero attached hydrogens (tertiary/aromatic N) is 3. The molecule has 2 rings (SSSR count). The van der Waals surface area contributed by atoms with Gasteiger partial charge < -0.3 is 9.64 Å². The van der Waals surface area contributed by atoms with E-state index in [0.717, 1.165) is 26.2 Å². The van der Waals surface area contributed by atoms with Crippen LogP contribution < -0.4 is 0 Å². The van der Waals surface area contributed by atoms with E-state index in [1.54, 1.807) is 7.11 Å². The van der Waals surface area contributed by atoms with Crippen LogP contribution in [0.5, 0.6) is 0 Å². The molecule has 1 aliphatic heterocycles. The van der Waals surface area contributed by atoms with Crippen molar-refractivity contribution in [2.45, 2.75) is 13.0 Å². The molecule has 0 aromatic carbocycles. The zero-order valence-electron chi connectivity index (χ0n) is 11.6. The molecule has 1 aliphatic rings. The number of carbonyl (C=O) groups excluding carboxylic acids is 1. The van der Waals surface area contributed by atoms with Crippen LogP contribution in [0.3, 0.4) is 0 Å². The summed E-state index contributed by atoms with van der Waals surface area (Å²) < 4.78 is 4.89. The van der Waals surface area contributed by atoms with Crippen molar-refractivity contribution in [2.24, 2.45) is 0 Å². The van der Waals surface area contributed by atoms with Gasteiger partial charge in [0.1, 0.15) is 6.61 Å². The van der Waals surface area contributed by atoms with Gasteiger partial charge in [0.25, 0.3) is 0 Å². The minimum absolute atomic E-state index is 0.0821. The van der Waals surface area contributed by atoms with E-state index in [-0.39, 0.29) is 12.5 Å². The second-order valence-corrected chi connectivity index (χ2v) is 4.81. The van der Waals surface area contributed by atoms with Crippen molar-refractivity contribution < 1.29 is 9.53 Å². The Hall–Kier alpha value is -1.46. The molecule has 1 aromatic heterocycles. The highest BCUT2D eigenvalue weighted by molar-refractivity contribution is 5.77. The van der Waals surface area contributed by atoms with Crippen molar-refractivity contribution in [3.8, 4) is 0 Å². The molecular formula is C14H21N3O2. The Balaban J connectivity index is 1.88. The third-order valence-electron chi connectivity index (χ3n) is 3.67. The summed E-state index contributed by atoms with van der Waals surface area (Å²) in [5.41, 5.74) is 1.27. The first-order valence-electron chi connectivity index (χ1n) is 6.63. The van der Waals surface area contributed by atoms with E-state index in [0.29, 0.717) is 6.04 Å². The summed E-state index contributed by atoms with van der Waals surface area (Å²) in [7, 11) is 1.56. The first kappa shape index (κ1) is 14.0. The SMILES string of the molecule is COCC(=O)N1CCN(C(C)c2ccncc2)CC1. The van der Waals surface area contributed by atoms with Crippen molar-refractivity contribution in [1.29, 1.82) is 0 Å². The Kier molecular flexibility index (Phi) is 4.87. The molecule has 1 amide bonds. The average molecular weight is 263 g/mol. The number of ether oxygens (including phenoxy) is 1. The van der Waals surface area contributed by atoms with Gasteiger partial charge in [0.05, 0.1) is 0 Å². The molecule has 104 valence electrons. The molecule has 0 aliphatic carbocycles. The summed E-state index contributed by atoms with van der Waals surface area (Å²) in [5.74, 6) is 0.0821. The van der Waals surface area contributed by atoms with Gasteiger partial charge in [-0.05, 0) is 24.6 Å². The molecule has 5 heteroatoms. The van der Waals surface area contributed by atoms with Crippen molar-refractivity contribution in [3.63, 3.8) is 0 Å². The normalized spacial score (nSPS) is 18.3. The Labute approximate surface area is 114 Å². The predicted octanol–water partition coefficient (Wildman–Crippen LogP) is 0.933. The highest BCUT2D eigenvalue weighted by atomic mass is 16.5. The summed E-state index contributed by atoms with van der Waals surface area (Å²) in [6.45, 7) is 5.73. The van der Waals surface area contributed by atoms with E-state index in [1.165, 1.54) is 5.56 Å². The van der Waals surface area contributed by atoms with Crippen molar-refractivity contribution in [2.75, 3.05) is 39.9 Å². The quantitative estimate of drug-likeness (QED) is 0.811. The summed E-state index contributed by atoms with van der Waals surface area (Å²) in [6, 6.07) is 4.46. The lowest BCUT2D eigenvalue weighted by Crippen LogP contribution is -2.50. The predicted molar refractivity (Wildman–Crippen MR) is 72.7 cm³/mol.